The van der Waals surface area contributed by atoms with Gasteiger partial charge in [0, 0.05) is 28.2 Å². The summed E-state index contributed by atoms with van der Waals surface area (Å²) in [5, 5.41) is 0. The Morgan fingerprint density at radius 1 is 0.696 bits per heavy atom. The molecule has 0 saturated heterocycles. The molecule has 1 atom stereocenters. The maximum absolute atomic E-state index is 2.68. The lowest BCUT2D eigenvalue weighted by molar-refractivity contribution is 0.400. The minimum absolute atomic E-state index is 0.0180. The predicted octanol–water partition coefficient (Wildman–Crippen LogP) is 13.8. The van der Waals surface area contributed by atoms with Crippen molar-refractivity contribution in [1.29, 1.82) is 0 Å². The molecule has 2 aliphatic rings. The zero-order valence-electron chi connectivity index (χ0n) is 30.2. The first-order chi connectivity index (χ1) is 22.3. The van der Waals surface area contributed by atoms with Crippen LogP contribution in [-0.4, -0.2) is 5.54 Å². The van der Waals surface area contributed by atoms with Crippen LogP contribution in [0, 0.1) is 5.92 Å². The van der Waals surface area contributed by atoms with Crippen LogP contribution < -0.4 is 4.90 Å². The molecule has 1 heteroatoms. The molecule has 0 spiro atoms. The van der Waals surface area contributed by atoms with E-state index in [1.165, 1.54) is 97.8 Å². The Kier molecular flexibility index (Phi) is 11.3. The van der Waals surface area contributed by atoms with Gasteiger partial charge in [0.2, 0.25) is 0 Å². The van der Waals surface area contributed by atoms with Crippen LogP contribution in [0.4, 0.5) is 11.4 Å². The Hall–Kier alpha value is -3.06. The molecule has 0 amide bonds. The minimum atomic E-state index is 0.0180. The third-order valence-electron chi connectivity index (χ3n) is 11.6. The molecule has 0 radical (unpaired) electrons. The van der Waals surface area contributed by atoms with E-state index in [0.29, 0.717) is 11.8 Å². The smallest absolute Gasteiger partial charge is 0.0419 e. The van der Waals surface area contributed by atoms with Crippen LogP contribution in [-0.2, 0) is 5.41 Å². The average molecular weight is 616 g/mol. The second-order valence-electron chi connectivity index (χ2n) is 14.8. The van der Waals surface area contributed by atoms with Gasteiger partial charge in [0.1, 0.15) is 0 Å². The van der Waals surface area contributed by atoms with Gasteiger partial charge in [0.05, 0.1) is 0 Å². The number of benzene rings is 3. The molecule has 0 bridgehead atoms. The summed E-state index contributed by atoms with van der Waals surface area (Å²) in [7, 11) is 0. The predicted molar refractivity (Wildman–Crippen MR) is 203 cm³/mol. The quantitative estimate of drug-likeness (QED) is 0.137. The second kappa shape index (κ2) is 15.2. The Balaban J connectivity index is 1.59. The van der Waals surface area contributed by atoms with Crippen molar-refractivity contribution >= 4 is 11.4 Å². The lowest BCUT2D eigenvalue weighted by Gasteiger charge is -2.43. The average Bonchev–Trinajstić information content (AvgIpc) is 3.68. The van der Waals surface area contributed by atoms with E-state index in [1.807, 2.05) is 0 Å². The SMILES string of the molecule is CCCCCCC1(CCCCCC)c2ccccc2-c2ccc(N(c3ccc(C4C=CC(C(C)C)=C4)cc3)C(C)(CC)CC)cc21. The van der Waals surface area contributed by atoms with Crippen LogP contribution in [0.3, 0.4) is 0 Å². The first kappa shape index (κ1) is 34.3. The Morgan fingerprint density at radius 2 is 1.30 bits per heavy atom. The van der Waals surface area contributed by atoms with E-state index in [0.717, 1.165) is 12.8 Å². The molecule has 3 aromatic rings. The number of unbranched alkanes of at least 4 members (excludes halogenated alkanes) is 6. The summed E-state index contributed by atoms with van der Waals surface area (Å²) < 4.78 is 0. The van der Waals surface area contributed by atoms with Crippen LogP contribution in [0.25, 0.3) is 11.1 Å². The highest BCUT2D eigenvalue weighted by Crippen LogP contribution is 2.55. The van der Waals surface area contributed by atoms with Gasteiger partial charge in [-0.3, -0.25) is 0 Å². The summed E-state index contributed by atoms with van der Waals surface area (Å²) in [4.78, 5) is 2.68. The standard InChI is InChI=1S/C45H61N/c1-8-12-14-18-30-45(31-19-15-13-9-2)42-21-17-16-20-40(42)41-29-28-39(33-43(41)45)46(44(7,10-3)11-4)38-26-24-35(25-27-38)37-23-22-36(32-37)34(5)6/h16-17,20-29,32-34,37H,8-15,18-19,30-31H2,1-7H3. The van der Waals surface area contributed by atoms with Crippen LogP contribution in [0.15, 0.2) is 90.5 Å². The summed E-state index contributed by atoms with van der Waals surface area (Å²) in [6.07, 6.45) is 22.3. The largest absolute Gasteiger partial charge is 0.336 e. The fraction of sp³-hybridized carbons (Fsp3) is 0.511. The molecule has 0 N–H and O–H groups in total. The molecule has 0 aliphatic heterocycles. The maximum Gasteiger partial charge on any atom is 0.0419 e. The zero-order valence-corrected chi connectivity index (χ0v) is 30.2. The molecule has 46 heavy (non-hydrogen) atoms. The van der Waals surface area contributed by atoms with Crippen LogP contribution in [0.2, 0.25) is 0 Å². The maximum atomic E-state index is 2.68. The van der Waals surface area contributed by atoms with Crippen molar-refractivity contribution in [3.8, 4) is 11.1 Å². The van der Waals surface area contributed by atoms with E-state index in [2.05, 4.69) is 138 Å². The number of anilines is 2. The van der Waals surface area contributed by atoms with Gasteiger partial charge >= 0.3 is 0 Å². The fourth-order valence-electron chi connectivity index (χ4n) is 8.26. The molecule has 246 valence electrons. The van der Waals surface area contributed by atoms with Crippen molar-refractivity contribution in [1.82, 2.24) is 0 Å². The topological polar surface area (TPSA) is 3.24 Å². The molecule has 1 nitrogen and oxygen atoms in total. The van der Waals surface area contributed by atoms with Crippen LogP contribution >= 0.6 is 0 Å². The minimum Gasteiger partial charge on any atom is -0.336 e. The van der Waals surface area contributed by atoms with Gasteiger partial charge in [-0.2, -0.15) is 0 Å². The van der Waals surface area contributed by atoms with Crippen LogP contribution in [0.5, 0.6) is 0 Å². The van der Waals surface area contributed by atoms with Crippen molar-refractivity contribution in [3.05, 3.63) is 107 Å². The number of hydrogen-bond acceptors (Lipinski definition) is 1. The first-order valence-corrected chi connectivity index (χ1v) is 18.9. The number of hydrogen-bond donors (Lipinski definition) is 0. The first-order valence-electron chi connectivity index (χ1n) is 18.9. The summed E-state index contributed by atoms with van der Waals surface area (Å²) in [5.74, 6) is 0.949. The van der Waals surface area contributed by atoms with Crippen molar-refractivity contribution < 1.29 is 0 Å². The van der Waals surface area contributed by atoms with E-state index in [4.69, 9.17) is 0 Å². The third-order valence-corrected chi connectivity index (χ3v) is 11.6. The molecule has 2 aliphatic carbocycles. The second-order valence-corrected chi connectivity index (χ2v) is 14.8. The van der Waals surface area contributed by atoms with Crippen molar-refractivity contribution in [2.75, 3.05) is 4.90 Å². The zero-order chi connectivity index (χ0) is 32.7. The molecule has 0 aromatic heterocycles. The monoisotopic (exact) mass is 615 g/mol. The van der Waals surface area contributed by atoms with Gasteiger partial charge in [-0.15, -0.1) is 0 Å². The van der Waals surface area contributed by atoms with Gasteiger partial charge in [-0.05, 0) is 96.2 Å². The number of rotatable bonds is 17. The van der Waals surface area contributed by atoms with Gasteiger partial charge in [0.15, 0.2) is 0 Å². The summed E-state index contributed by atoms with van der Waals surface area (Å²) in [5.41, 5.74) is 11.7. The lowest BCUT2D eigenvalue weighted by Crippen LogP contribution is -2.42. The molecule has 0 saturated carbocycles. The fourth-order valence-corrected chi connectivity index (χ4v) is 8.26. The molecule has 5 rings (SSSR count). The molecule has 0 fully saturated rings. The Bertz CT molecular complexity index is 1470. The summed E-state index contributed by atoms with van der Waals surface area (Å²) >= 11 is 0. The summed E-state index contributed by atoms with van der Waals surface area (Å²) in [6, 6.07) is 26.4. The third kappa shape index (κ3) is 6.81. The number of allylic oxidation sites excluding steroid dienone is 4. The highest BCUT2D eigenvalue weighted by Gasteiger charge is 2.43. The molecular formula is C45H61N. The molecule has 3 aromatic carbocycles. The van der Waals surface area contributed by atoms with Crippen LogP contribution in [0.1, 0.15) is 148 Å². The van der Waals surface area contributed by atoms with Crippen molar-refractivity contribution in [2.24, 2.45) is 5.92 Å². The highest BCUT2D eigenvalue weighted by atomic mass is 15.2. The Labute approximate surface area is 282 Å². The number of fused-ring (bicyclic) bond motifs is 3. The summed E-state index contributed by atoms with van der Waals surface area (Å²) in [6.45, 7) is 16.4. The van der Waals surface area contributed by atoms with Gasteiger partial charge in [-0.1, -0.05) is 154 Å². The van der Waals surface area contributed by atoms with Gasteiger partial charge in [-0.25, -0.2) is 0 Å². The normalized spacial score (nSPS) is 16.5. The van der Waals surface area contributed by atoms with E-state index < -0.39 is 0 Å². The van der Waals surface area contributed by atoms with Gasteiger partial charge in [0.25, 0.3) is 0 Å². The lowest BCUT2D eigenvalue weighted by atomic mass is 9.70. The number of nitrogens with zero attached hydrogens (tertiary/aromatic N) is 1. The van der Waals surface area contributed by atoms with E-state index in [1.54, 1.807) is 11.1 Å². The van der Waals surface area contributed by atoms with Crippen molar-refractivity contribution in [2.45, 2.75) is 142 Å². The highest BCUT2D eigenvalue weighted by molar-refractivity contribution is 5.84. The molecule has 0 heterocycles. The van der Waals surface area contributed by atoms with E-state index in [-0.39, 0.29) is 11.0 Å². The van der Waals surface area contributed by atoms with Gasteiger partial charge < -0.3 is 4.90 Å². The Morgan fingerprint density at radius 3 is 1.89 bits per heavy atom. The van der Waals surface area contributed by atoms with E-state index >= 15 is 0 Å². The molecular weight excluding hydrogens is 555 g/mol. The van der Waals surface area contributed by atoms with Crippen molar-refractivity contribution in [3.63, 3.8) is 0 Å². The van der Waals surface area contributed by atoms with E-state index in [9.17, 15) is 0 Å². The molecule has 1 unspecified atom stereocenters.